The third kappa shape index (κ3) is 3.96. The van der Waals surface area contributed by atoms with Gasteiger partial charge >= 0.3 is 6.18 Å². The second-order valence-corrected chi connectivity index (χ2v) is 6.14. The summed E-state index contributed by atoms with van der Waals surface area (Å²) in [5.41, 5.74) is 1.41. The third-order valence-corrected chi connectivity index (χ3v) is 4.20. The first-order chi connectivity index (χ1) is 13.9. The molecule has 10 heteroatoms. The number of ether oxygens (including phenoxy) is 1. The molecule has 3 heterocycles. The molecule has 7 nitrogen and oxygen atoms in total. The van der Waals surface area contributed by atoms with Crippen LogP contribution in [0.3, 0.4) is 0 Å². The van der Waals surface area contributed by atoms with E-state index in [4.69, 9.17) is 4.74 Å². The smallest absolute Gasteiger partial charge is 0.416 e. The SMILES string of the molecule is COc1ccc(-c2nc(NCc3cccc(C(F)(F)F)c3)c3[nH]cnc3n2)cn1. The summed E-state index contributed by atoms with van der Waals surface area (Å²) in [4.78, 5) is 20.1. The number of pyridine rings is 1. The summed E-state index contributed by atoms with van der Waals surface area (Å²) >= 11 is 0. The number of alkyl halides is 3. The van der Waals surface area contributed by atoms with Crippen molar-refractivity contribution in [1.82, 2.24) is 24.9 Å². The van der Waals surface area contributed by atoms with Gasteiger partial charge in [0, 0.05) is 24.4 Å². The molecule has 0 fully saturated rings. The van der Waals surface area contributed by atoms with Crippen LogP contribution in [-0.4, -0.2) is 32.0 Å². The average Bonchev–Trinajstić information content (AvgIpc) is 3.20. The fourth-order valence-corrected chi connectivity index (χ4v) is 2.77. The second kappa shape index (κ2) is 7.38. The van der Waals surface area contributed by atoms with Crippen LogP contribution in [0.2, 0.25) is 0 Å². The van der Waals surface area contributed by atoms with Crippen molar-refractivity contribution in [2.75, 3.05) is 12.4 Å². The number of aromatic nitrogens is 5. The molecule has 0 aliphatic rings. The summed E-state index contributed by atoms with van der Waals surface area (Å²) in [6.07, 6.45) is -1.34. The number of nitrogens with zero attached hydrogens (tertiary/aromatic N) is 4. The van der Waals surface area contributed by atoms with Gasteiger partial charge < -0.3 is 15.0 Å². The number of aromatic amines is 1. The fraction of sp³-hybridized carbons (Fsp3) is 0.158. The van der Waals surface area contributed by atoms with Crippen molar-refractivity contribution in [2.24, 2.45) is 0 Å². The molecule has 0 aliphatic carbocycles. The van der Waals surface area contributed by atoms with Crippen molar-refractivity contribution in [3.8, 4) is 17.3 Å². The van der Waals surface area contributed by atoms with Gasteiger partial charge in [-0.15, -0.1) is 0 Å². The highest BCUT2D eigenvalue weighted by Gasteiger charge is 2.30. The van der Waals surface area contributed by atoms with Crippen LogP contribution in [-0.2, 0) is 12.7 Å². The Morgan fingerprint density at radius 3 is 2.69 bits per heavy atom. The molecule has 0 atom stereocenters. The highest BCUT2D eigenvalue weighted by atomic mass is 19.4. The number of halogens is 3. The molecule has 0 saturated carbocycles. The van der Waals surface area contributed by atoms with Crippen LogP contribution in [0.5, 0.6) is 5.88 Å². The lowest BCUT2D eigenvalue weighted by molar-refractivity contribution is -0.137. The fourth-order valence-electron chi connectivity index (χ4n) is 2.77. The van der Waals surface area contributed by atoms with Gasteiger partial charge in [-0.25, -0.2) is 19.9 Å². The highest BCUT2D eigenvalue weighted by Crippen LogP contribution is 2.30. The summed E-state index contributed by atoms with van der Waals surface area (Å²) in [6.45, 7) is 0.148. The minimum atomic E-state index is -4.39. The molecule has 148 valence electrons. The van der Waals surface area contributed by atoms with Crippen LogP contribution in [0.1, 0.15) is 11.1 Å². The number of benzene rings is 1. The van der Waals surface area contributed by atoms with Gasteiger partial charge in [-0.1, -0.05) is 12.1 Å². The number of hydrogen-bond donors (Lipinski definition) is 2. The Labute approximate surface area is 163 Å². The molecule has 3 aromatic heterocycles. The van der Waals surface area contributed by atoms with Crippen molar-refractivity contribution in [3.05, 3.63) is 60.0 Å². The van der Waals surface area contributed by atoms with Crippen LogP contribution < -0.4 is 10.1 Å². The largest absolute Gasteiger partial charge is 0.481 e. The molecule has 0 radical (unpaired) electrons. The Balaban J connectivity index is 1.64. The molecular formula is C19H15F3N6O. The second-order valence-electron chi connectivity index (χ2n) is 6.14. The lowest BCUT2D eigenvalue weighted by Gasteiger charge is -2.11. The van der Waals surface area contributed by atoms with E-state index < -0.39 is 11.7 Å². The molecule has 0 amide bonds. The number of rotatable bonds is 5. The van der Waals surface area contributed by atoms with E-state index in [0.29, 0.717) is 39.8 Å². The Hall–Kier alpha value is -3.69. The molecule has 0 bridgehead atoms. The van der Waals surface area contributed by atoms with E-state index in [-0.39, 0.29) is 6.54 Å². The predicted molar refractivity (Wildman–Crippen MR) is 100 cm³/mol. The van der Waals surface area contributed by atoms with E-state index in [1.165, 1.54) is 19.5 Å². The van der Waals surface area contributed by atoms with E-state index in [9.17, 15) is 13.2 Å². The predicted octanol–water partition coefficient (Wildman–Crippen LogP) is 4.05. The standard InChI is InChI=1S/C19H15F3N6O/c1-29-14-6-5-12(9-23-14)16-27-17(15-18(28-16)26-10-25-15)24-8-11-3-2-4-13(7-11)19(20,21)22/h2-7,9-10H,8H2,1H3,(H2,24,25,26,27,28). The molecule has 4 rings (SSSR count). The van der Waals surface area contributed by atoms with Gasteiger partial charge in [-0.2, -0.15) is 13.2 Å². The topological polar surface area (TPSA) is 88.6 Å². The quantitative estimate of drug-likeness (QED) is 0.525. The zero-order valence-electron chi connectivity index (χ0n) is 15.2. The number of fused-ring (bicyclic) bond motifs is 1. The average molecular weight is 400 g/mol. The number of methoxy groups -OCH3 is 1. The lowest BCUT2D eigenvalue weighted by Crippen LogP contribution is -2.08. The first kappa shape index (κ1) is 18.7. The molecule has 4 aromatic rings. The van der Waals surface area contributed by atoms with E-state index in [2.05, 4.69) is 30.2 Å². The molecular weight excluding hydrogens is 385 g/mol. The van der Waals surface area contributed by atoms with Crippen molar-refractivity contribution in [2.45, 2.75) is 12.7 Å². The first-order valence-corrected chi connectivity index (χ1v) is 8.55. The third-order valence-electron chi connectivity index (χ3n) is 4.20. The Kier molecular flexibility index (Phi) is 4.75. The zero-order chi connectivity index (χ0) is 20.4. The molecule has 0 spiro atoms. The van der Waals surface area contributed by atoms with Crippen LogP contribution in [0.25, 0.3) is 22.6 Å². The number of H-pyrrole nitrogens is 1. The summed E-state index contributed by atoms with van der Waals surface area (Å²) in [6, 6.07) is 8.57. The summed E-state index contributed by atoms with van der Waals surface area (Å²) in [7, 11) is 1.52. The lowest BCUT2D eigenvalue weighted by atomic mass is 10.1. The maximum absolute atomic E-state index is 12.9. The van der Waals surface area contributed by atoms with Gasteiger partial charge in [0.05, 0.1) is 19.0 Å². The van der Waals surface area contributed by atoms with Crippen LogP contribution in [0.4, 0.5) is 19.0 Å². The van der Waals surface area contributed by atoms with Gasteiger partial charge in [-0.05, 0) is 23.8 Å². The van der Waals surface area contributed by atoms with Crippen LogP contribution >= 0.6 is 0 Å². The van der Waals surface area contributed by atoms with E-state index >= 15 is 0 Å². The van der Waals surface area contributed by atoms with Gasteiger partial charge in [-0.3, -0.25) is 0 Å². The summed E-state index contributed by atoms with van der Waals surface area (Å²) in [5.74, 6) is 1.26. The minimum absolute atomic E-state index is 0.148. The van der Waals surface area contributed by atoms with Crippen molar-refractivity contribution >= 4 is 17.0 Å². The van der Waals surface area contributed by atoms with Crippen molar-refractivity contribution in [3.63, 3.8) is 0 Å². The van der Waals surface area contributed by atoms with Gasteiger partial charge in [0.2, 0.25) is 5.88 Å². The zero-order valence-corrected chi connectivity index (χ0v) is 15.2. The maximum Gasteiger partial charge on any atom is 0.416 e. The van der Waals surface area contributed by atoms with Crippen LogP contribution in [0.15, 0.2) is 48.9 Å². The van der Waals surface area contributed by atoms with E-state index in [0.717, 1.165) is 12.1 Å². The van der Waals surface area contributed by atoms with Gasteiger partial charge in [0.15, 0.2) is 17.3 Å². The molecule has 2 N–H and O–H groups in total. The number of anilines is 1. The molecule has 0 unspecified atom stereocenters. The van der Waals surface area contributed by atoms with Gasteiger partial charge in [0.25, 0.3) is 0 Å². The van der Waals surface area contributed by atoms with Crippen LogP contribution in [0, 0.1) is 0 Å². The number of imidazole rings is 1. The number of hydrogen-bond acceptors (Lipinski definition) is 6. The number of nitrogens with one attached hydrogen (secondary N) is 2. The molecule has 0 aliphatic heterocycles. The Morgan fingerprint density at radius 2 is 1.97 bits per heavy atom. The molecule has 29 heavy (non-hydrogen) atoms. The molecule has 0 saturated heterocycles. The monoisotopic (exact) mass is 400 g/mol. The summed E-state index contributed by atoms with van der Waals surface area (Å²) < 4.78 is 43.8. The minimum Gasteiger partial charge on any atom is -0.481 e. The first-order valence-electron chi connectivity index (χ1n) is 8.55. The Morgan fingerprint density at radius 1 is 1.10 bits per heavy atom. The van der Waals surface area contributed by atoms with Crippen molar-refractivity contribution < 1.29 is 17.9 Å². The van der Waals surface area contributed by atoms with Crippen molar-refractivity contribution in [1.29, 1.82) is 0 Å². The van der Waals surface area contributed by atoms with E-state index in [1.54, 1.807) is 24.4 Å². The summed E-state index contributed by atoms with van der Waals surface area (Å²) in [5, 5.41) is 3.07. The maximum atomic E-state index is 12.9. The van der Waals surface area contributed by atoms with E-state index in [1.807, 2.05) is 0 Å². The Bertz CT molecular complexity index is 1140. The molecule has 1 aromatic carbocycles. The highest BCUT2D eigenvalue weighted by molar-refractivity contribution is 5.84. The normalized spacial score (nSPS) is 11.6. The van der Waals surface area contributed by atoms with Gasteiger partial charge in [0.1, 0.15) is 5.52 Å².